The van der Waals surface area contributed by atoms with Crippen molar-refractivity contribution in [3.63, 3.8) is 0 Å². The normalized spacial score (nSPS) is 13.6. The maximum Gasteiger partial charge on any atom is 0.417 e. The molecule has 0 radical (unpaired) electrons. The van der Waals surface area contributed by atoms with Crippen LogP contribution < -0.4 is 5.32 Å². The lowest BCUT2D eigenvalue weighted by Gasteiger charge is -2.28. The number of carbonyl (C=O) groups is 2. The van der Waals surface area contributed by atoms with Gasteiger partial charge in [-0.15, -0.1) is 0 Å². The fourth-order valence-corrected chi connectivity index (χ4v) is 3.77. The summed E-state index contributed by atoms with van der Waals surface area (Å²) in [5.41, 5.74) is 2.94. The van der Waals surface area contributed by atoms with E-state index >= 15 is 0 Å². The molecule has 2 amide bonds. The Morgan fingerprint density at radius 3 is 2.76 bits per heavy atom. The highest BCUT2D eigenvalue weighted by atomic mass is 16.6. The lowest BCUT2D eigenvalue weighted by molar-refractivity contribution is 0.0232. The third kappa shape index (κ3) is 4.82. The van der Waals surface area contributed by atoms with Crippen molar-refractivity contribution in [1.29, 1.82) is 0 Å². The van der Waals surface area contributed by atoms with Crippen molar-refractivity contribution < 1.29 is 19.4 Å². The lowest BCUT2D eigenvalue weighted by atomic mass is 10.1. The van der Waals surface area contributed by atoms with Crippen LogP contribution in [0.1, 0.15) is 42.4 Å². The van der Waals surface area contributed by atoms with Crippen molar-refractivity contribution in [2.45, 2.75) is 39.3 Å². The molecule has 3 heterocycles. The quantitative estimate of drug-likeness (QED) is 0.624. The van der Waals surface area contributed by atoms with Gasteiger partial charge in [-0.05, 0) is 50.6 Å². The fourth-order valence-electron chi connectivity index (χ4n) is 3.77. The Hall–Kier alpha value is -3.88. The molecule has 1 aliphatic heterocycles. The molecule has 4 rings (SSSR count). The van der Waals surface area contributed by atoms with Gasteiger partial charge in [-0.2, -0.15) is 0 Å². The van der Waals surface area contributed by atoms with Gasteiger partial charge in [-0.1, -0.05) is 12.1 Å². The molecule has 0 saturated carbocycles. The Balaban J connectivity index is 1.56. The van der Waals surface area contributed by atoms with Gasteiger partial charge in [0, 0.05) is 38.4 Å². The number of hydrogen-bond acceptors (Lipinski definition) is 7. The number of hydrogen-bond donors (Lipinski definition) is 2. The van der Waals surface area contributed by atoms with Gasteiger partial charge in [0.25, 0.3) is 5.91 Å². The molecule has 0 saturated heterocycles. The largest absolute Gasteiger partial charge is 0.508 e. The van der Waals surface area contributed by atoms with Crippen molar-refractivity contribution in [2.24, 2.45) is 7.05 Å². The van der Waals surface area contributed by atoms with Gasteiger partial charge < -0.3 is 19.7 Å². The zero-order chi connectivity index (χ0) is 23.8. The van der Waals surface area contributed by atoms with E-state index in [1.165, 1.54) is 0 Å². The number of phenols is 1. The van der Waals surface area contributed by atoms with Crippen molar-refractivity contribution in [1.82, 2.24) is 19.4 Å². The van der Waals surface area contributed by atoms with Crippen LogP contribution >= 0.6 is 0 Å². The van der Waals surface area contributed by atoms with E-state index in [0.717, 1.165) is 21.9 Å². The van der Waals surface area contributed by atoms with Crippen LogP contribution in [0.4, 0.5) is 10.7 Å². The number of imide groups is 1. The minimum absolute atomic E-state index is 0.198. The van der Waals surface area contributed by atoms with E-state index in [0.29, 0.717) is 30.2 Å². The first-order valence-corrected chi connectivity index (χ1v) is 10.7. The second-order valence-corrected chi connectivity index (χ2v) is 8.93. The average molecular weight is 450 g/mol. The van der Waals surface area contributed by atoms with E-state index in [4.69, 9.17) is 4.74 Å². The molecule has 0 spiro atoms. The molecule has 1 aliphatic rings. The standard InChI is InChI=1S/C24H27N5O4/c1-24(2,3)33-23(32)29-11-9-19-17(21(29)31)13-20(28(19)4)18-8-10-25-22(27-18)26-14-15-6-5-7-16(30)12-15/h5-8,10,12-13,30H,9,11,14H2,1-4H3,(H,25,26,27). The Kier molecular flexibility index (Phi) is 5.80. The number of benzene rings is 1. The molecule has 0 aliphatic carbocycles. The number of nitrogens with one attached hydrogen (secondary N) is 1. The second kappa shape index (κ2) is 8.57. The smallest absolute Gasteiger partial charge is 0.417 e. The minimum Gasteiger partial charge on any atom is -0.508 e. The molecule has 9 nitrogen and oxygen atoms in total. The van der Waals surface area contributed by atoms with Crippen LogP contribution in [0.2, 0.25) is 0 Å². The molecule has 172 valence electrons. The van der Waals surface area contributed by atoms with E-state index in [1.54, 1.807) is 57.3 Å². The summed E-state index contributed by atoms with van der Waals surface area (Å²) in [6, 6.07) is 10.5. The molecule has 1 aromatic carbocycles. The summed E-state index contributed by atoms with van der Waals surface area (Å²) in [7, 11) is 1.88. The van der Waals surface area contributed by atoms with Crippen LogP contribution in [0.5, 0.6) is 5.75 Å². The number of carbonyl (C=O) groups excluding carboxylic acids is 2. The number of ether oxygens (including phenoxy) is 1. The number of phenolic OH excluding ortho intramolecular Hbond substituents is 1. The minimum atomic E-state index is -0.678. The number of rotatable bonds is 4. The van der Waals surface area contributed by atoms with Crippen molar-refractivity contribution in [2.75, 3.05) is 11.9 Å². The maximum absolute atomic E-state index is 13.0. The van der Waals surface area contributed by atoms with E-state index in [9.17, 15) is 14.7 Å². The van der Waals surface area contributed by atoms with Gasteiger partial charge in [-0.3, -0.25) is 4.79 Å². The second-order valence-electron chi connectivity index (χ2n) is 8.93. The molecule has 3 aromatic rings. The van der Waals surface area contributed by atoms with E-state index in [-0.39, 0.29) is 18.2 Å². The molecule has 0 unspecified atom stereocenters. The third-order valence-electron chi connectivity index (χ3n) is 5.30. The van der Waals surface area contributed by atoms with Gasteiger partial charge in [0.2, 0.25) is 5.95 Å². The predicted molar refractivity (Wildman–Crippen MR) is 123 cm³/mol. The van der Waals surface area contributed by atoms with E-state index < -0.39 is 11.7 Å². The van der Waals surface area contributed by atoms with Gasteiger partial charge in [-0.25, -0.2) is 19.7 Å². The van der Waals surface area contributed by atoms with Crippen molar-refractivity contribution in [3.05, 3.63) is 59.4 Å². The maximum atomic E-state index is 13.0. The first kappa shape index (κ1) is 22.3. The summed E-state index contributed by atoms with van der Waals surface area (Å²) >= 11 is 0. The number of aromatic hydroxyl groups is 1. The highest BCUT2D eigenvalue weighted by molar-refractivity contribution is 6.05. The topological polar surface area (TPSA) is 110 Å². The zero-order valence-electron chi connectivity index (χ0n) is 19.1. The summed E-state index contributed by atoms with van der Waals surface area (Å²) in [6.45, 7) is 6.02. The molecule has 0 fully saturated rings. The van der Waals surface area contributed by atoms with Crippen LogP contribution in [0, 0.1) is 0 Å². The first-order valence-electron chi connectivity index (χ1n) is 10.7. The van der Waals surface area contributed by atoms with Crippen LogP contribution in [-0.2, 0) is 24.8 Å². The molecule has 2 N–H and O–H groups in total. The van der Waals surface area contributed by atoms with Crippen LogP contribution in [0.3, 0.4) is 0 Å². The Bertz CT molecular complexity index is 1210. The number of anilines is 1. The lowest BCUT2D eigenvalue weighted by Crippen LogP contribution is -2.44. The summed E-state index contributed by atoms with van der Waals surface area (Å²) in [4.78, 5) is 35.5. The number of amides is 2. The van der Waals surface area contributed by atoms with Crippen LogP contribution in [-0.4, -0.2) is 48.7 Å². The number of aromatic nitrogens is 3. The van der Waals surface area contributed by atoms with Crippen LogP contribution in [0.25, 0.3) is 11.4 Å². The molecule has 33 heavy (non-hydrogen) atoms. The molecule has 9 heteroatoms. The SMILES string of the molecule is Cn1c(-c2ccnc(NCc3cccc(O)c3)n2)cc2c1CCN(C(=O)OC(C)(C)C)C2=O. The number of nitrogens with zero attached hydrogens (tertiary/aromatic N) is 4. The van der Waals surface area contributed by atoms with E-state index in [1.807, 2.05) is 17.7 Å². The van der Waals surface area contributed by atoms with Crippen molar-refractivity contribution in [3.8, 4) is 17.1 Å². The summed E-state index contributed by atoms with van der Waals surface area (Å²) in [5, 5.41) is 12.8. The van der Waals surface area contributed by atoms with Crippen molar-refractivity contribution >= 4 is 17.9 Å². The summed E-state index contributed by atoms with van der Waals surface area (Å²) in [6.07, 6.45) is 1.54. The molecule has 0 atom stereocenters. The Morgan fingerprint density at radius 1 is 1.24 bits per heavy atom. The first-order chi connectivity index (χ1) is 15.6. The van der Waals surface area contributed by atoms with Gasteiger partial charge in [0.1, 0.15) is 11.4 Å². The third-order valence-corrected chi connectivity index (χ3v) is 5.30. The van der Waals surface area contributed by atoms with Gasteiger partial charge >= 0.3 is 6.09 Å². The zero-order valence-corrected chi connectivity index (χ0v) is 19.1. The molecular formula is C24H27N5O4. The fraction of sp³-hybridized carbons (Fsp3) is 0.333. The van der Waals surface area contributed by atoms with Gasteiger partial charge in [0.05, 0.1) is 17.0 Å². The Labute approximate surface area is 192 Å². The highest BCUT2D eigenvalue weighted by Gasteiger charge is 2.34. The van der Waals surface area contributed by atoms with Gasteiger partial charge in [0.15, 0.2) is 0 Å². The van der Waals surface area contributed by atoms with E-state index in [2.05, 4.69) is 15.3 Å². The molecular weight excluding hydrogens is 422 g/mol. The highest BCUT2D eigenvalue weighted by Crippen LogP contribution is 2.29. The monoisotopic (exact) mass is 449 g/mol. The average Bonchev–Trinajstić information content (AvgIpc) is 3.09. The summed E-state index contributed by atoms with van der Waals surface area (Å²) < 4.78 is 7.32. The predicted octanol–water partition coefficient (Wildman–Crippen LogP) is 3.73. The number of fused-ring (bicyclic) bond motifs is 1. The molecule has 2 aromatic heterocycles. The molecule has 0 bridgehead atoms. The summed E-state index contributed by atoms with van der Waals surface area (Å²) in [5.74, 6) is 0.254. The van der Waals surface area contributed by atoms with Crippen LogP contribution in [0.15, 0.2) is 42.6 Å². The Morgan fingerprint density at radius 2 is 2.03 bits per heavy atom.